The van der Waals surface area contributed by atoms with E-state index in [4.69, 9.17) is 10.5 Å². The Labute approximate surface area is 143 Å². The third kappa shape index (κ3) is 4.53. The quantitative estimate of drug-likeness (QED) is 0.812. The minimum atomic E-state index is -3.39. The first kappa shape index (κ1) is 18.4. The second-order valence-electron chi connectivity index (χ2n) is 6.95. The molecular formula is C16H25N3O4S. The first-order valence-corrected chi connectivity index (χ1v) is 9.69. The molecule has 0 saturated carbocycles. The fourth-order valence-corrected chi connectivity index (χ4v) is 3.47. The van der Waals surface area contributed by atoms with Gasteiger partial charge in [0.1, 0.15) is 5.60 Å². The Morgan fingerprint density at radius 1 is 1.17 bits per heavy atom. The summed E-state index contributed by atoms with van der Waals surface area (Å²) in [5.74, 6) is 0. The van der Waals surface area contributed by atoms with Crippen LogP contribution in [0.5, 0.6) is 0 Å². The third-order valence-corrected chi connectivity index (χ3v) is 4.78. The van der Waals surface area contributed by atoms with Crippen molar-refractivity contribution < 1.29 is 17.9 Å². The summed E-state index contributed by atoms with van der Waals surface area (Å²) in [5, 5.41) is 0. The first-order chi connectivity index (χ1) is 11.0. The molecule has 7 nitrogen and oxygen atoms in total. The number of carbonyl (C=O) groups is 1. The number of hydrogen-bond donors (Lipinski definition) is 1. The lowest BCUT2D eigenvalue weighted by molar-refractivity contribution is 0.0240. The zero-order valence-electron chi connectivity index (χ0n) is 14.6. The van der Waals surface area contributed by atoms with Gasteiger partial charge in [0, 0.05) is 38.1 Å². The number of anilines is 2. The second-order valence-corrected chi connectivity index (χ2v) is 8.94. The van der Waals surface area contributed by atoms with E-state index in [1.54, 1.807) is 17.0 Å². The summed E-state index contributed by atoms with van der Waals surface area (Å²) in [6.45, 7) is 7.50. The van der Waals surface area contributed by atoms with Crippen LogP contribution in [0, 0.1) is 0 Å². The van der Waals surface area contributed by atoms with E-state index in [1.165, 1.54) is 12.3 Å². The molecule has 0 aliphatic carbocycles. The van der Waals surface area contributed by atoms with Crippen molar-refractivity contribution in [1.82, 2.24) is 4.90 Å². The lowest BCUT2D eigenvalue weighted by Gasteiger charge is -2.37. The molecule has 0 radical (unpaired) electrons. The molecule has 2 N–H and O–H groups in total. The number of sulfone groups is 1. The number of benzene rings is 1. The number of nitrogens with two attached hydrogens (primary N) is 1. The monoisotopic (exact) mass is 355 g/mol. The van der Waals surface area contributed by atoms with Crippen molar-refractivity contribution in [3.63, 3.8) is 0 Å². The fourth-order valence-electron chi connectivity index (χ4n) is 2.55. The van der Waals surface area contributed by atoms with Gasteiger partial charge in [-0.25, -0.2) is 13.2 Å². The van der Waals surface area contributed by atoms with Gasteiger partial charge < -0.3 is 20.3 Å². The number of carbonyl (C=O) groups excluding carboxylic acids is 1. The highest BCUT2D eigenvalue weighted by molar-refractivity contribution is 7.90. The normalized spacial score (nSPS) is 16.2. The molecule has 0 aromatic heterocycles. The van der Waals surface area contributed by atoms with E-state index in [9.17, 15) is 13.2 Å². The summed E-state index contributed by atoms with van der Waals surface area (Å²) in [5.41, 5.74) is 6.22. The average molecular weight is 355 g/mol. The largest absolute Gasteiger partial charge is 0.444 e. The number of piperazine rings is 1. The molecular weight excluding hydrogens is 330 g/mol. The van der Waals surface area contributed by atoms with Gasteiger partial charge in [0.05, 0.1) is 10.6 Å². The van der Waals surface area contributed by atoms with Gasteiger partial charge in [-0.2, -0.15) is 0 Å². The van der Waals surface area contributed by atoms with Gasteiger partial charge in [-0.1, -0.05) is 0 Å². The molecule has 1 aromatic carbocycles. The van der Waals surface area contributed by atoms with E-state index in [0.29, 0.717) is 37.6 Å². The Hall–Kier alpha value is -1.96. The molecule has 1 fully saturated rings. The van der Waals surface area contributed by atoms with E-state index in [1.807, 2.05) is 25.7 Å². The Morgan fingerprint density at radius 2 is 1.75 bits per heavy atom. The lowest BCUT2D eigenvalue weighted by atomic mass is 10.2. The highest BCUT2D eigenvalue weighted by atomic mass is 32.2. The van der Waals surface area contributed by atoms with Crippen LogP contribution < -0.4 is 10.6 Å². The van der Waals surface area contributed by atoms with Gasteiger partial charge in [0.15, 0.2) is 9.84 Å². The summed E-state index contributed by atoms with van der Waals surface area (Å²) < 4.78 is 29.4. The van der Waals surface area contributed by atoms with Gasteiger partial charge in [0.2, 0.25) is 0 Å². The fraction of sp³-hybridized carbons (Fsp3) is 0.562. The van der Waals surface area contributed by atoms with E-state index in [2.05, 4.69) is 0 Å². The van der Waals surface area contributed by atoms with Crippen LogP contribution >= 0.6 is 0 Å². The molecule has 0 atom stereocenters. The van der Waals surface area contributed by atoms with E-state index in [-0.39, 0.29) is 11.0 Å². The summed E-state index contributed by atoms with van der Waals surface area (Å²) >= 11 is 0. The molecule has 8 heteroatoms. The number of rotatable bonds is 2. The molecule has 1 aliphatic rings. The van der Waals surface area contributed by atoms with Crippen LogP contribution in [0.2, 0.25) is 0 Å². The van der Waals surface area contributed by atoms with Gasteiger partial charge in [-0.05, 0) is 39.0 Å². The minimum absolute atomic E-state index is 0.216. The molecule has 134 valence electrons. The number of ether oxygens (including phenoxy) is 1. The summed E-state index contributed by atoms with van der Waals surface area (Å²) in [4.78, 5) is 15.9. The third-order valence-electron chi connectivity index (χ3n) is 3.66. The SMILES string of the molecule is CC(C)(C)OC(=O)N1CCN(c2ccc(N)cc2S(C)(=O)=O)CC1. The van der Waals surface area contributed by atoms with Crippen LogP contribution in [0.4, 0.5) is 16.2 Å². The van der Waals surface area contributed by atoms with Crippen molar-refractivity contribution in [1.29, 1.82) is 0 Å². The van der Waals surface area contributed by atoms with Crippen molar-refractivity contribution >= 4 is 27.3 Å². The summed E-state index contributed by atoms with van der Waals surface area (Å²) in [6.07, 6.45) is 0.824. The molecule has 1 saturated heterocycles. The Morgan fingerprint density at radius 3 is 2.25 bits per heavy atom. The van der Waals surface area contributed by atoms with Crippen molar-refractivity contribution in [3.8, 4) is 0 Å². The zero-order valence-corrected chi connectivity index (χ0v) is 15.4. The van der Waals surface area contributed by atoms with Crippen LogP contribution in [0.15, 0.2) is 23.1 Å². The molecule has 1 aromatic rings. The average Bonchev–Trinajstić information content (AvgIpc) is 2.44. The maximum absolute atomic E-state index is 12.1. The van der Waals surface area contributed by atoms with Gasteiger partial charge >= 0.3 is 6.09 Å². The maximum Gasteiger partial charge on any atom is 0.410 e. The van der Waals surface area contributed by atoms with Crippen molar-refractivity contribution in [2.45, 2.75) is 31.3 Å². The van der Waals surface area contributed by atoms with Gasteiger partial charge in [-0.15, -0.1) is 0 Å². The van der Waals surface area contributed by atoms with Gasteiger partial charge in [-0.3, -0.25) is 0 Å². The summed E-state index contributed by atoms with van der Waals surface area (Å²) in [6, 6.07) is 4.88. The van der Waals surface area contributed by atoms with Crippen LogP contribution in [0.1, 0.15) is 20.8 Å². The molecule has 1 aliphatic heterocycles. The Bertz CT molecular complexity index is 717. The van der Waals surface area contributed by atoms with Crippen molar-refractivity contribution in [2.24, 2.45) is 0 Å². The summed E-state index contributed by atoms with van der Waals surface area (Å²) in [7, 11) is -3.39. The molecule has 1 heterocycles. The molecule has 0 bridgehead atoms. The predicted molar refractivity (Wildman–Crippen MR) is 94.0 cm³/mol. The Kier molecular flexibility index (Phi) is 4.98. The van der Waals surface area contributed by atoms with Crippen LogP contribution in [-0.4, -0.2) is 57.4 Å². The zero-order chi connectivity index (χ0) is 18.1. The van der Waals surface area contributed by atoms with Crippen LogP contribution in [-0.2, 0) is 14.6 Å². The smallest absolute Gasteiger partial charge is 0.410 e. The topological polar surface area (TPSA) is 92.9 Å². The molecule has 1 amide bonds. The molecule has 2 rings (SSSR count). The van der Waals surface area contributed by atoms with Crippen LogP contribution in [0.25, 0.3) is 0 Å². The first-order valence-electron chi connectivity index (χ1n) is 7.80. The minimum Gasteiger partial charge on any atom is -0.444 e. The van der Waals surface area contributed by atoms with E-state index < -0.39 is 15.4 Å². The van der Waals surface area contributed by atoms with E-state index in [0.717, 1.165) is 0 Å². The standard InChI is InChI=1S/C16H25N3O4S/c1-16(2,3)23-15(20)19-9-7-18(8-10-19)13-6-5-12(17)11-14(13)24(4,21)22/h5-6,11H,7-10,17H2,1-4H3. The highest BCUT2D eigenvalue weighted by Gasteiger charge is 2.27. The Balaban J connectivity index is 2.12. The number of nitrogens with zero attached hydrogens (tertiary/aromatic N) is 2. The van der Waals surface area contributed by atoms with E-state index >= 15 is 0 Å². The maximum atomic E-state index is 12.1. The number of amides is 1. The van der Waals surface area contributed by atoms with Crippen LogP contribution in [0.3, 0.4) is 0 Å². The molecule has 0 unspecified atom stereocenters. The van der Waals surface area contributed by atoms with Crippen molar-refractivity contribution in [2.75, 3.05) is 43.1 Å². The number of nitrogen functional groups attached to an aromatic ring is 1. The highest BCUT2D eigenvalue weighted by Crippen LogP contribution is 2.28. The molecule has 0 spiro atoms. The predicted octanol–water partition coefficient (Wildman–Crippen LogP) is 1.73. The lowest BCUT2D eigenvalue weighted by Crippen LogP contribution is -2.50. The van der Waals surface area contributed by atoms with Crippen molar-refractivity contribution in [3.05, 3.63) is 18.2 Å². The molecule has 24 heavy (non-hydrogen) atoms. The second kappa shape index (κ2) is 6.51. The van der Waals surface area contributed by atoms with Gasteiger partial charge in [0.25, 0.3) is 0 Å². The number of hydrogen-bond acceptors (Lipinski definition) is 6.